The van der Waals surface area contributed by atoms with Crippen LogP contribution in [0.4, 0.5) is 0 Å². The van der Waals surface area contributed by atoms with Crippen molar-refractivity contribution in [3.05, 3.63) is 65.2 Å². The van der Waals surface area contributed by atoms with Crippen LogP contribution in [0.3, 0.4) is 0 Å². The Balaban J connectivity index is 1.35. The SMILES string of the molecule is Cc1ccc(OCc2ccc(C(=O)N3C[C@@H](N)[C@H](C4CC4)C3)cc2)cc1. The minimum Gasteiger partial charge on any atom is -0.489 e. The Labute approximate surface area is 155 Å². The second-order valence-corrected chi connectivity index (χ2v) is 7.67. The standard InChI is InChI=1S/C22H26N2O2/c1-15-2-10-19(11-3-15)26-14-16-4-6-18(7-5-16)22(25)24-12-20(17-8-9-17)21(23)13-24/h2-7,10-11,17,20-21H,8-9,12-14,23H2,1H3/t20-,21+/m0/s1. The first-order valence-corrected chi connectivity index (χ1v) is 9.43. The van der Waals surface area contributed by atoms with Crippen molar-refractivity contribution in [2.75, 3.05) is 13.1 Å². The number of amides is 1. The second-order valence-electron chi connectivity index (χ2n) is 7.67. The molecule has 2 aromatic rings. The lowest BCUT2D eigenvalue weighted by Crippen LogP contribution is -2.32. The average Bonchev–Trinajstić information content (AvgIpc) is 3.43. The minimum absolute atomic E-state index is 0.0922. The van der Waals surface area contributed by atoms with Gasteiger partial charge < -0.3 is 15.4 Å². The molecule has 136 valence electrons. The molecule has 0 spiro atoms. The molecule has 1 aliphatic carbocycles. The Kier molecular flexibility index (Phi) is 4.68. The summed E-state index contributed by atoms with van der Waals surface area (Å²) in [5.41, 5.74) is 9.24. The van der Waals surface area contributed by atoms with Gasteiger partial charge in [0, 0.05) is 24.7 Å². The third-order valence-corrected chi connectivity index (χ3v) is 5.55. The van der Waals surface area contributed by atoms with E-state index in [1.165, 1.54) is 18.4 Å². The van der Waals surface area contributed by atoms with Gasteiger partial charge in [0.2, 0.25) is 0 Å². The predicted molar refractivity (Wildman–Crippen MR) is 102 cm³/mol. The van der Waals surface area contributed by atoms with Crippen molar-refractivity contribution in [2.24, 2.45) is 17.6 Å². The van der Waals surface area contributed by atoms with Crippen LogP contribution in [0.15, 0.2) is 48.5 Å². The number of aryl methyl sites for hydroxylation is 1. The molecule has 2 aromatic carbocycles. The van der Waals surface area contributed by atoms with Gasteiger partial charge in [-0.05, 0) is 61.4 Å². The first-order chi connectivity index (χ1) is 12.6. The number of nitrogens with two attached hydrogens (primary N) is 1. The number of carbonyl (C=O) groups excluding carboxylic acids is 1. The molecule has 1 heterocycles. The zero-order chi connectivity index (χ0) is 18.1. The number of carbonyl (C=O) groups is 1. The summed E-state index contributed by atoms with van der Waals surface area (Å²) in [5, 5.41) is 0. The van der Waals surface area contributed by atoms with E-state index in [-0.39, 0.29) is 11.9 Å². The lowest BCUT2D eigenvalue weighted by Gasteiger charge is -2.16. The molecule has 2 N–H and O–H groups in total. The number of hydrogen-bond acceptors (Lipinski definition) is 3. The molecule has 4 nitrogen and oxygen atoms in total. The van der Waals surface area contributed by atoms with Gasteiger partial charge in [0.1, 0.15) is 12.4 Å². The van der Waals surface area contributed by atoms with E-state index in [1.807, 2.05) is 53.4 Å². The Morgan fingerprint density at radius 1 is 1.08 bits per heavy atom. The van der Waals surface area contributed by atoms with Gasteiger partial charge in [0.05, 0.1) is 0 Å². The molecule has 2 atom stereocenters. The first-order valence-electron chi connectivity index (χ1n) is 9.43. The Bertz CT molecular complexity index is 766. The van der Waals surface area contributed by atoms with Gasteiger partial charge in [-0.25, -0.2) is 0 Å². The van der Waals surface area contributed by atoms with Crippen molar-refractivity contribution < 1.29 is 9.53 Å². The highest BCUT2D eigenvalue weighted by atomic mass is 16.5. The number of benzene rings is 2. The molecule has 1 amide bonds. The third-order valence-electron chi connectivity index (χ3n) is 5.55. The van der Waals surface area contributed by atoms with Gasteiger partial charge in [-0.1, -0.05) is 29.8 Å². The van der Waals surface area contributed by atoms with Crippen molar-refractivity contribution in [3.8, 4) is 5.75 Å². The van der Waals surface area contributed by atoms with Crippen molar-refractivity contribution in [1.29, 1.82) is 0 Å². The summed E-state index contributed by atoms with van der Waals surface area (Å²) >= 11 is 0. The lowest BCUT2D eigenvalue weighted by atomic mass is 9.99. The fraction of sp³-hybridized carbons (Fsp3) is 0.409. The zero-order valence-electron chi connectivity index (χ0n) is 15.2. The van der Waals surface area contributed by atoms with Crippen molar-refractivity contribution in [2.45, 2.75) is 32.4 Å². The van der Waals surface area contributed by atoms with Gasteiger partial charge >= 0.3 is 0 Å². The summed E-state index contributed by atoms with van der Waals surface area (Å²) in [4.78, 5) is 14.7. The lowest BCUT2D eigenvalue weighted by molar-refractivity contribution is 0.0784. The number of nitrogens with zero attached hydrogens (tertiary/aromatic N) is 1. The van der Waals surface area contributed by atoms with Crippen LogP contribution >= 0.6 is 0 Å². The molecule has 4 rings (SSSR count). The quantitative estimate of drug-likeness (QED) is 0.899. The maximum absolute atomic E-state index is 12.7. The highest BCUT2D eigenvalue weighted by Crippen LogP contribution is 2.41. The normalized spacial score (nSPS) is 22.5. The summed E-state index contributed by atoms with van der Waals surface area (Å²) < 4.78 is 5.80. The third kappa shape index (κ3) is 3.75. The van der Waals surface area contributed by atoms with E-state index in [0.717, 1.165) is 29.3 Å². The largest absolute Gasteiger partial charge is 0.489 e. The fourth-order valence-electron chi connectivity index (χ4n) is 3.77. The summed E-state index contributed by atoms with van der Waals surface area (Å²) in [6.45, 7) is 4.04. The van der Waals surface area contributed by atoms with Crippen LogP contribution in [-0.2, 0) is 6.61 Å². The topological polar surface area (TPSA) is 55.6 Å². The molecule has 0 bridgehead atoms. The van der Waals surface area contributed by atoms with Gasteiger partial charge in [0.25, 0.3) is 5.91 Å². The van der Waals surface area contributed by atoms with E-state index < -0.39 is 0 Å². The average molecular weight is 350 g/mol. The molecule has 26 heavy (non-hydrogen) atoms. The molecule has 4 heteroatoms. The maximum atomic E-state index is 12.7. The van der Waals surface area contributed by atoms with Crippen LogP contribution < -0.4 is 10.5 Å². The molecule has 2 aliphatic rings. The van der Waals surface area contributed by atoms with E-state index in [9.17, 15) is 4.79 Å². The zero-order valence-corrected chi connectivity index (χ0v) is 15.2. The van der Waals surface area contributed by atoms with E-state index in [2.05, 4.69) is 6.92 Å². The number of likely N-dealkylation sites (tertiary alicyclic amines) is 1. The summed E-state index contributed by atoms with van der Waals surface area (Å²) in [5.74, 6) is 2.17. The highest BCUT2D eigenvalue weighted by Gasteiger charge is 2.42. The van der Waals surface area contributed by atoms with Crippen molar-refractivity contribution in [3.63, 3.8) is 0 Å². The Morgan fingerprint density at radius 3 is 2.42 bits per heavy atom. The van der Waals surface area contributed by atoms with Crippen molar-refractivity contribution in [1.82, 2.24) is 4.90 Å². The fourth-order valence-corrected chi connectivity index (χ4v) is 3.77. The molecule has 0 radical (unpaired) electrons. The Hall–Kier alpha value is -2.33. The second kappa shape index (κ2) is 7.12. The number of ether oxygens (including phenoxy) is 1. The van der Waals surface area contributed by atoms with E-state index in [4.69, 9.17) is 10.5 Å². The molecular weight excluding hydrogens is 324 g/mol. The summed E-state index contributed by atoms with van der Waals surface area (Å²) in [7, 11) is 0. The molecule has 0 aromatic heterocycles. The Morgan fingerprint density at radius 2 is 1.77 bits per heavy atom. The van der Waals surface area contributed by atoms with E-state index >= 15 is 0 Å². The van der Waals surface area contributed by atoms with E-state index in [0.29, 0.717) is 19.1 Å². The molecule has 1 saturated heterocycles. The van der Waals surface area contributed by atoms with Crippen LogP contribution in [-0.4, -0.2) is 29.9 Å². The molecule has 1 saturated carbocycles. The van der Waals surface area contributed by atoms with Crippen molar-refractivity contribution >= 4 is 5.91 Å². The first kappa shape index (κ1) is 17.1. The molecule has 2 fully saturated rings. The monoisotopic (exact) mass is 350 g/mol. The number of hydrogen-bond donors (Lipinski definition) is 1. The van der Waals surface area contributed by atoms with Crippen LogP contribution in [0.1, 0.15) is 34.3 Å². The van der Waals surface area contributed by atoms with Gasteiger partial charge in [-0.15, -0.1) is 0 Å². The van der Waals surface area contributed by atoms with Gasteiger partial charge in [-0.3, -0.25) is 4.79 Å². The number of rotatable bonds is 5. The van der Waals surface area contributed by atoms with Crippen LogP contribution in [0.5, 0.6) is 5.75 Å². The smallest absolute Gasteiger partial charge is 0.253 e. The predicted octanol–water partition coefficient (Wildman–Crippen LogP) is 3.38. The molecule has 0 unspecified atom stereocenters. The van der Waals surface area contributed by atoms with Crippen LogP contribution in [0.25, 0.3) is 0 Å². The van der Waals surface area contributed by atoms with Gasteiger partial charge in [0.15, 0.2) is 0 Å². The van der Waals surface area contributed by atoms with Gasteiger partial charge in [-0.2, -0.15) is 0 Å². The van der Waals surface area contributed by atoms with Crippen LogP contribution in [0, 0.1) is 18.8 Å². The van der Waals surface area contributed by atoms with E-state index in [1.54, 1.807) is 0 Å². The summed E-state index contributed by atoms with van der Waals surface area (Å²) in [6.07, 6.45) is 2.55. The molecule has 1 aliphatic heterocycles. The molecular formula is C22H26N2O2. The maximum Gasteiger partial charge on any atom is 0.253 e. The summed E-state index contributed by atoms with van der Waals surface area (Å²) in [6, 6.07) is 15.9. The van der Waals surface area contributed by atoms with Crippen LogP contribution in [0.2, 0.25) is 0 Å². The minimum atomic E-state index is 0.0922. The highest BCUT2D eigenvalue weighted by molar-refractivity contribution is 5.94.